The number of benzene rings is 1. The Bertz CT molecular complexity index is 563. The smallest absolute Gasteiger partial charge is 0.337 e. The zero-order valence-corrected chi connectivity index (χ0v) is 13.0. The molecule has 126 valence electrons. The minimum atomic E-state index is -4.29. The van der Waals surface area contributed by atoms with E-state index in [9.17, 15) is 22.8 Å². The number of anilines is 2. The molecule has 2 rings (SSSR count). The minimum Gasteiger partial charge on any atom is -0.337 e. The van der Waals surface area contributed by atoms with Crippen LogP contribution in [0.25, 0.3) is 0 Å². The van der Waals surface area contributed by atoms with Crippen molar-refractivity contribution in [2.45, 2.75) is 18.3 Å². The van der Waals surface area contributed by atoms with Crippen LogP contribution >= 0.6 is 11.8 Å². The van der Waals surface area contributed by atoms with E-state index in [1.807, 2.05) is 0 Å². The molecule has 0 radical (unpaired) electrons. The van der Waals surface area contributed by atoms with Gasteiger partial charge in [-0.1, -0.05) is 0 Å². The first-order valence-electron chi connectivity index (χ1n) is 7.01. The molecule has 0 bridgehead atoms. The van der Waals surface area contributed by atoms with Crippen LogP contribution in [0.2, 0.25) is 0 Å². The molecule has 1 aromatic rings. The predicted octanol–water partition coefficient (Wildman–Crippen LogP) is 3.19. The van der Waals surface area contributed by atoms with Crippen LogP contribution in [-0.4, -0.2) is 36.3 Å². The highest BCUT2D eigenvalue weighted by Crippen LogP contribution is 2.29. The van der Waals surface area contributed by atoms with Gasteiger partial charge >= 0.3 is 11.5 Å². The molecule has 1 fully saturated rings. The topological polar surface area (TPSA) is 61.4 Å². The molecule has 0 aromatic heterocycles. The van der Waals surface area contributed by atoms with Gasteiger partial charge in [0.1, 0.15) is 0 Å². The lowest BCUT2D eigenvalue weighted by Gasteiger charge is -2.16. The maximum Gasteiger partial charge on any atom is 0.441 e. The molecule has 23 heavy (non-hydrogen) atoms. The normalized spacial score (nSPS) is 14.9. The Balaban J connectivity index is 1.77. The SMILES string of the molecule is O=C(NCCSC(F)(F)F)Nc1ccc(N2CCCC2=O)cc1. The third-order valence-corrected chi connectivity index (χ3v) is 3.90. The Hall–Kier alpha value is -1.90. The highest BCUT2D eigenvalue weighted by atomic mass is 32.2. The zero-order valence-electron chi connectivity index (χ0n) is 12.2. The zero-order chi connectivity index (χ0) is 16.9. The molecule has 0 saturated carbocycles. The lowest BCUT2D eigenvalue weighted by Crippen LogP contribution is -2.31. The van der Waals surface area contributed by atoms with Crippen molar-refractivity contribution >= 4 is 35.1 Å². The fourth-order valence-electron chi connectivity index (χ4n) is 2.15. The van der Waals surface area contributed by atoms with Crippen molar-refractivity contribution < 1.29 is 22.8 Å². The van der Waals surface area contributed by atoms with Crippen LogP contribution < -0.4 is 15.5 Å². The Morgan fingerprint density at radius 1 is 1.26 bits per heavy atom. The minimum absolute atomic E-state index is 0.0746. The maximum absolute atomic E-state index is 11.9. The van der Waals surface area contributed by atoms with Gasteiger partial charge in [-0.15, -0.1) is 0 Å². The van der Waals surface area contributed by atoms with Crippen LogP contribution in [0.4, 0.5) is 29.3 Å². The molecule has 2 N–H and O–H groups in total. The summed E-state index contributed by atoms with van der Waals surface area (Å²) in [5.74, 6) is -0.168. The molecule has 1 saturated heterocycles. The Morgan fingerprint density at radius 2 is 1.96 bits per heavy atom. The monoisotopic (exact) mass is 347 g/mol. The number of thioether (sulfide) groups is 1. The summed E-state index contributed by atoms with van der Waals surface area (Å²) in [4.78, 5) is 24.9. The summed E-state index contributed by atoms with van der Waals surface area (Å²) in [6.45, 7) is 0.597. The summed E-state index contributed by atoms with van der Waals surface area (Å²) in [6.07, 6.45) is 1.37. The van der Waals surface area contributed by atoms with E-state index < -0.39 is 11.5 Å². The summed E-state index contributed by atoms with van der Waals surface area (Å²) in [6, 6.07) is 6.16. The molecule has 0 aliphatic carbocycles. The van der Waals surface area contributed by atoms with Crippen LogP contribution in [0.15, 0.2) is 24.3 Å². The fourth-order valence-corrected chi connectivity index (χ4v) is 2.59. The van der Waals surface area contributed by atoms with Crippen molar-refractivity contribution in [1.29, 1.82) is 0 Å². The highest BCUT2D eigenvalue weighted by Gasteiger charge is 2.27. The molecular weight excluding hydrogens is 331 g/mol. The van der Waals surface area contributed by atoms with Gasteiger partial charge in [0.2, 0.25) is 5.91 Å². The summed E-state index contributed by atoms with van der Waals surface area (Å²) in [5, 5.41) is 4.87. The van der Waals surface area contributed by atoms with Crippen molar-refractivity contribution in [3.05, 3.63) is 24.3 Å². The van der Waals surface area contributed by atoms with Crippen molar-refractivity contribution in [2.75, 3.05) is 29.1 Å². The molecule has 9 heteroatoms. The van der Waals surface area contributed by atoms with Crippen LogP contribution in [0.5, 0.6) is 0 Å². The number of hydrogen-bond donors (Lipinski definition) is 2. The van der Waals surface area contributed by atoms with Gasteiger partial charge < -0.3 is 15.5 Å². The lowest BCUT2D eigenvalue weighted by molar-refractivity contribution is -0.117. The number of amides is 3. The number of nitrogens with zero attached hydrogens (tertiary/aromatic N) is 1. The van der Waals surface area contributed by atoms with E-state index in [0.717, 1.165) is 12.1 Å². The van der Waals surface area contributed by atoms with Gasteiger partial charge in [0, 0.05) is 36.6 Å². The van der Waals surface area contributed by atoms with Gasteiger partial charge in [-0.3, -0.25) is 4.79 Å². The highest BCUT2D eigenvalue weighted by molar-refractivity contribution is 8.00. The van der Waals surface area contributed by atoms with E-state index in [1.165, 1.54) is 0 Å². The number of alkyl halides is 3. The van der Waals surface area contributed by atoms with Gasteiger partial charge in [-0.05, 0) is 42.4 Å². The summed E-state index contributed by atoms with van der Waals surface area (Å²) in [7, 11) is 0. The number of carbonyl (C=O) groups excluding carboxylic acids is 2. The Labute approximate surface area is 135 Å². The third kappa shape index (κ3) is 5.66. The van der Waals surface area contributed by atoms with E-state index in [0.29, 0.717) is 18.7 Å². The number of rotatable bonds is 5. The van der Waals surface area contributed by atoms with Crippen LogP contribution in [0.3, 0.4) is 0 Å². The first-order valence-corrected chi connectivity index (χ1v) is 8.00. The molecule has 0 unspecified atom stereocenters. The average molecular weight is 347 g/mol. The first kappa shape index (κ1) is 17.5. The molecular formula is C14H16F3N3O2S. The quantitative estimate of drug-likeness (QED) is 0.804. The van der Waals surface area contributed by atoms with Crippen molar-refractivity contribution in [3.8, 4) is 0 Å². The van der Waals surface area contributed by atoms with Crippen molar-refractivity contribution in [1.82, 2.24) is 5.32 Å². The van der Waals surface area contributed by atoms with E-state index in [2.05, 4.69) is 10.6 Å². The van der Waals surface area contributed by atoms with Crippen molar-refractivity contribution in [3.63, 3.8) is 0 Å². The van der Waals surface area contributed by atoms with Crippen LogP contribution in [0, 0.1) is 0 Å². The molecule has 1 aromatic carbocycles. The second-order valence-corrected chi connectivity index (χ2v) is 6.03. The summed E-state index contributed by atoms with van der Waals surface area (Å²) >= 11 is -0.182. The predicted molar refractivity (Wildman–Crippen MR) is 83.6 cm³/mol. The van der Waals surface area contributed by atoms with Crippen LogP contribution in [-0.2, 0) is 4.79 Å². The fraction of sp³-hybridized carbons (Fsp3) is 0.429. The molecule has 1 aliphatic rings. The number of carbonyl (C=O) groups is 2. The number of halogens is 3. The molecule has 0 spiro atoms. The van der Waals surface area contributed by atoms with Gasteiger partial charge in [0.15, 0.2) is 0 Å². The second kappa shape index (κ2) is 7.58. The largest absolute Gasteiger partial charge is 0.441 e. The molecule has 1 heterocycles. The average Bonchev–Trinajstić information content (AvgIpc) is 2.90. The number of hydrogen-bond acceptors (Lipinski definition) is 3. The van der Waals surface area contributed by atoms with Gasteiger partial charge in [0.25, 0.3) is 0 Å². The Morgan fingerprint density at radius 3 is 2.52 bits per heavy atom. The van der Waals surface area contributed by atoms with E-state index >= 15 is 0 Å². The maximum atomic E-state index is 11.9. The molecule has 1 aliphatic heterocycles. The standard InChI is InChI=1S/C14H16F3N3O2S/c15-14(16,17)23-9-7-18-13(22)19-10-3-5-11(6-4-10)20-8-1-2-12(20)21/h3-6H,1-2,7-9H2,(H2,18,19,22). The number of urea groups is 1. The van der Waals surface area contributed by atoms with Gasteiger partial charge in [-0.25, -0.2) is 4.79 Å². The van der Waals surface area contributed by atoms with E-state index in [1.54, 1.807) is 29.2 Å². The summed E-state index contributed by atoms with van der Waals surface area (Å²) in [5.41, 5.74) is -3.03. The van der Waals surface area contributed by atoms with Gasteiger partial charge in [0.05, 0.1) is 0 Å². The van der Waals surface area contributed by atoms with E-state index in [-0.39, 0.29) is 30.0 Å². The summed E-state index contributed by atoms with van der Waals surface area (Å²) < 4.78 is 35.8. The molecule has 3 amide bonds. The molecule has 5 nitrogen and oxygen atoms in total. The Kier molecular flexibility index (Phi) is 5.75. The van der Waals surface area contributed by atoms with Gasteiger partial charge in [-0.2, -0.15) is 13.2 Å². The lowest BCUT2D eigenvalue weighted by atomic mass is 10.2. The first-order chi connectivity index (χ1) is 10.8. The number of nitrogens with one attached hydrogen (secondary N) is 2. The van der Waals surface area contributed by atoms with Crippen LogP contribution in [0.1, 0.15) is 12.8 Å². The second-order valence-electron chi connectivity index (χ2n) is 4.87. The molecule has 0 atom stereocenters. The van der Waals surface area contributed by atoms with E-state index in [4.69, 9.17) is 0 Å². The third-order valence-electron chi connectivity index (χ3n) is 3.16. The van der Waals surface area contributed by atoms with Crippen molar-refractivity contribution in [2.24, 2.45) is 0 Å².